The van der Waals surface area contributed by atoms with Crippen LogP contribution in [0.4, 0.5) is 5.82 Å². The third kappa shape index (κ3) is 2.90. The molecule has 6 heteroatoms. The average molecular weight is 397 g/mol. The van der Waals surface area contributed by atoms with Crippen molar-refractivity contribution in [2.75, 3.05) is 12.3 Å². The van der Waals surface area contributed by atoms with Gasteiger partial charge >= 0.3 is 0 Å². The maximum atomic E-state index is 6.00. The highest BCUT2D eigenvalue weighted by Crippen LogP contribution is 2.35. The van der Waals surface area contributed by atoms with E-state index in [9.17, 15) is 0 Å². The van der Waals surface area contributed by atoms with Gasteiger partial charge in [-0.15, -0.1) is 0 Å². The van der Waals surface area contributed by atoms with Crippen LogP contribution in [-0.2, 0) is 6.42 Å². The van der Waals surface area contributed by atoms with E-state index >= 15 is 0 Å². The molecule has 3 rings (SSSR count). The van der Waals surface area contributed by atoms with Gasteiger partial charge in [-0.1, -0.05) is 25.5 Å². The molecule has 0 aliphatic carbocycles. The fourth-order valence-electron chi connectivity index (χ4n) is 2.23. The molecule has 0 saturated carbocycles. The lowest BCUT2D eigenvalue weighted by Gasteiger charge is -2.25. The lowest BCUT2D eigenvalue weighted by atomic mass is 10.2. The van der Waals surface area contributed by atoms with Gasteiger partial charge in [0.05, 0.1) is 9.26 Å². The largest absolute Gasteiger partial charge is 0.485 e. The Balaban J connectivity index is 1.91. The normalized spacial score (nSPS) is 16.8. The lowest BCUT2D eigenvalue weighted by Crippen LogP contribution is -2.24. The van der Waals surface area contributed by atoms with E-state index in [1.54, 1.807) is 0 Å². The van der Waals surface area contributed by atoms with Gasteiger partial charge < -0.3 is 15.2 Å². The van der Waals surface area contributed by atoms with Crippen LogP contribution in [-0.4, -0.2) is 16.6 Å². The highest BCUT2D eigenvalue weighted by molar-refractivity contribution is 14.1. The van der Waals surface area contributed by atoms with Crippen LogP contribution in [0, 0.1) is 3.57 Å². The second-order valence-electron chi connectivity index (χ2n) is 4.84. The van der Waals surface area contributed by atoms with Crippen LogP contribution < -0.4 is 15.2 Å². The number of nitrogens with two attached hydrogens (primary N) is 1. The van der Waals surface area contributed by atoms with E-state index in [1.807, 2.05) is 24.3 Å². The summed E-state index contributed by atoms with van der Waals surface area (Å²) in [6.45, 7) is 2.51. The number of hydrogen-bond donors (Lipinski definition) is 1. The Hall–Kier alpha value is -1.57. The molecule has 110 valence electrons. The number of anilines is 1. The number of rotatable bonds is 3. The minimum absolute atomic E-state index is 0.324. The molecule has 1 aromatic carbocycles. The Labute approximate surface area is 137 Å². The van der Waals surface area contributed by atoms with E-state index in [1.165, 1.54) is 0 Å². The SMILES string of the molecule is CCCc1nc(C2COc3ccccc3O2)nc(N)c1I. The van der Waals surface area contributed by atoms with E-state index < -0.39 is 0 Å². The van der Waals surface area contributed by atoms with Gasteiger partial charge in [-0.3, -0.25) is 0 Å². The minimum Gasteiger partial charge on any atom is -0.485 e. The molecule has 1 atom stereocenters. The predicted molar refractivity (Wildman–Crippen MR) is 88.5 cm³/mol. The van der Waals surface area contributed by atoms with Crippen LogP contribution >= 0.6 is 22.6 Å². The van der Waals surface area contributed by atoms with Crippen LogP contribution in [0.1, 0.15) is 31.0 Å². The summed E-state index contributed by atoms with van der Waals surface area (Å²) >= 11 is 2.19. The van der Waals surface area contributed by atoms with Crippen LogP contribution in [0.15, 0.2) is 24.3 Å². The summed E-state index contributed by atoms with van der Waals surface area (Å²) in [5.41, 5.74) is 6.97. The molecule has 0 saturated heterocycles. The maximum Gasteiger partial charge on any atom is 0.192 e. The number of nitrogen functional groups attached to an aromatic ring is 1. The third-order valence-corrected chi connectivity index (χ3v) is 4.42. The van der Waals surface area contributed by atoms with E-state index in [4.69, 9.17) is 15.2 Å². The molecule has 0 bridgehead atoms. The molecular formula is C15H16IN3O2. The number of fused-ring (bicyclic) bond motifs is 1. The molecule has 1 aromatic heterocycles. The van der Waals surface area contributed by atoms with Crippen LogP contribution in [0.25, 0.3) is 0 Å². The molecule has 2 aromatic rings. The first-order valence-corrected chi connectivity index (χ1v) is 7.97. The summed E-state index contributed by atoms with van der Waals surface area (Å²) in [6, 6.07) is 7.60. The van der Waals surface area contributed by atoms with Crippen molar-refractivity contribution in [2.45, 2.75) is 25.9 Å². The molecule has 1 unspecified atom stereocenters. The zero-order valence-corrected chi connectivity index (χ0v) is 13.8. The van der Waals surface area contributed by atoms with E-state index in [0.717, 1.165) is 27.9 Å². The van der Waals surface area contributed by atoms with Crippen LogP contribution in [0.5, 0.6) is 11.5 Å². The molecule has 1 aliphatic heterocycles. The molecule has 2 heterocycles. The first-order chi connectivity index (χ1) is 10.2. The third-order valence-electron chi connectivity index (χ3n) is 3.25. The van der Waals surface area contributed by atoms with Gasteiger partial charge in [0.1, 0.15) is 12.4 Å². The first-order valence-electron chi connectivity index (χ1n) is 6.89. The van der Waals surface area contributed by atoms with Gasteiger partial charge in [0.15, 0.2) is 23.4 Å². The number of benzene rings is 1. The average Bonchev–Trinajstić information content (AvgIpc) is 2.51. The van der Waals surface area contributed by atoms with Crippen molar-refractivity contribution >= 4 is 28.4 Å². The topological polar surface area (TPSA) is 70.3 Å². The maximum absolute atomic E-state index is 6.00. The number of halogens is 1. The van der Waals surface area contributed by atoms with E-state index in [-0.39, 0.29) is 6.10 Å². The van der Waals surface area contributed by atoms with Gasteiger partial charge in [0.2, 0.25) is 0 Å². The number of aryl methyl sites for hydroxylation is 1. The zero-order chi connectivity index (χ0) is 14.8. The summed E-state index contributed by atoms with van der Waals surface area (Å²) in [5, 5.41) is 0. The summed E-state index contributed by atoms with van der Waals surface area (Å²) in [5.74, 6) is 2.56. The minimum atomic E-state index is -0.324. The van der Waals surface area contributed by atoms with Crippen molar-refractivity contribution in [2.24, 2.45) is 0 Å². The summed E-state index contributed by atoms with van der Waals surface area (Å²) < 4.78 is 12.6. The van der Waals surface area contributed by atoms with Gasteiger partial charge in [-0.2, -0.15) is 0 Å². The molecule has 0 spiro atoms. The molecule has 0 amide bonds. The molecule has 5 nitrogen and oxygen atoms in total. The zero-order valence-electron chi connectivity index (χ0n) is 11.7. The summed E-state index contributed by atoms with van der Waals surface area (Å²) in [4.78, 5) is 8.98. The second kappa shape index (κ2) is 6.05. The number of para-hydroxylation sites is 2. The fourth-order valence-corrected chi connectivity index (χ4v) is 2.74. The molecule has 1 aliphatic rings. The fraction of sp³-hybridized carbons (Fsp3) is 0.333. The molecule has 0 radical (unpaired) electrons. The van der Waals surface area contributed by atoms with Crippen LogP contribution in [0.3, 0.4) is 0 Å². The number of nitrogens with zero attached hydrogens (tertiary/aromatic N) is 2. The van der Waals surface area contributed by atoms with E-state index in [0.29, 0.717) is 24.0 Å². The highest BCUT2D eigenvalue weighted by Gasteiger charge is 2.26. The van der Waals surface area contributed by atoms with Crippen molar-refractivity contribution in [1.82, 2.24) is 9.97 Å². The highest BCUT2D eigenvalue weighted by atomic mass is 127. The van der Waals surface area contributed by atoms with Crippen molar-refractivity contribution in [1.29, 1.82) is 0 Å². The number of ether oxygens (including phenoxy) is 2. The number of aromatic nitrogens is 2. The first kappa shape index (κ1) is 14.4. The Morgan fingerprint density at radius 1 is 1.29 bits per heavy atom. The molecule has 2 N–H and O–H groups in total. The predicted octanol–water partition coefficient (Wildman–Crippen LogP) is 3.13. The van der Waals surface area contributed by atoms with Crippen molar-refractivity contribution in [3.05, 3.63) is 39.4 Å². The molecular weight excluding hydrogens is 381 g/mol. The Kier molecular flexibility index (Phi) is 4.14. The number of hydrogen-bond acceptors (Lipinski definition) is 5. The van der Waals surface area contributed by atoms with Gasteiger partial charge in [-0.05, 0) is 41.1 Å². The quantitative estimate of drug-likeness (QED) is 0.806. The van der Waals surface area contributed by atoms with Crippen LogP contribution in [0.2, 0.25) is 0 Å². The second-order valence-corrected chi connectivity index (χ2v) is 5.92. The Bertz CT molecular complexity index is 663. The summed E-state index contributed by atoms with van der Waals surface area (Å²) in [7, 11) is 0. The summed E-state index contributed by atoms with van der Waals surface area (Å²) in [6.07, 6.45) is 1.56. The van der Waals surface area contributed by atoms with Gasteiger partial charge in [0, 0.05) is 0 Å². The van der Waals surface area contributed by atoms with Crippen molar-refractivity contribution in [3.63, 3.8) is 0 Å². The lowest BCUT2D eigenvalue weighted by molar-refractivity contribution is 0.0849. The Morgan fingerprint density at radius 3 is 2.81 bits per heavy atom. The smallest absolute Gasteiger partial charge is 0.192 e. The van der Waals surface area contributed by atoms with Gasteiger partial charge in [0.25, 0.3) is 0 Å². The molecule has 0 fully saturated rings. The van der Waals surface area contributed by atoms with E-state index in [2.05, 4.69) is 39.5 Å². The standard InChI is InChI=1S/C15H16IN3O2/c1-2-5-9-13(16)14(17)19-15(18-9)12-8-20-10-6-3-4-7-11(10)21-12/h3-4,6-7,12H,2,5,8H2,1H3,(H2,17,18,19). The van der Waals surface area contributed by atoms with Crippen molar-refractivity contribution in [3.8, 4) is 11.5 Å². The van der Waals surface area contributed by atoms with Crippen molar-refractivity contribution < 1.29 is 9.47 Å². The molecule has 21 heavy (non-hydrogen) atoms. The Morgan fingerprint density at radius 2 is 2.05 bits per heavy atom. The van der Waals surface area contributed by atoms with Gasteiger partial charge in [-0.25, -0.2) is 9.97 Å². The monoisotopic (exact) mass is 397 g/mol.